The van der Waals surface area contributed by atoms with Crippen LogP contribution in [0.25, 0.3) is 0 Å². The number of nitrogens with one attached hydrogen (secondary N) is 2. The Kier molecular flexibility index (Phi) is 4.80. The molecule has 1 amide bonds. The predicted molar refractivity (Wildman–Crippen MR) is 69.9 cm³/mol. The van der Waals surface area contributed by atoms with Crippen molar-refractivity contribution in [2.24, 2.45) is 0 Å². The summed E-state index contributed by atoms with van der Waals surface area (Å²) in [5.41, 5.74) is 0. The third-order valence-electron chi connectivity index (χ3n) is 2.67. The molecule has 1 aliphatic heterocycles. The third kappa shape index (κ3) is 3.97. The van der Waals surface area contributed by atoms with Crippen LogP contribution in [-0.2, 0) is 20.7 Å². The second-order valence-corrected chi connectivity index (χ2v) is 5.18. The van der Waals surface area contributed by atoms with Crippen LogP contribution in [0.15, 0.2) is 0 Å². The first kappa shape index (κ1) is 13.9. The first-order chi connectivity index (χ1) is 9.19. The van der Waals surface area contributed by atoms with E-state index in [-0.39, 0.29) is 24.3 Å². The first-order valence-corrected chi connectivity index (χ1v) is 7.03. The number of carbonyl (C=O) groups excluding carboxylic acids is 2. The van der Waals surface area contributed by atoms with Crippen molar-refractivity contribution >= 4 is 28.3 Å². The number of ether oxygens (including phenoxy) is 1. The molecule has 1 saturated heterocycles. The van der Waals surface area contributed by atoms with Crippen molar-refractivity contribution in [2.45, 2.75) is 32.2 Å². The Balaban J connectivity index is 1.86. The fraction of sp³-hybridized carbons (Fsp3) is 0.636. The highest BCUT2D eigenvalue weighted by molar-refractivity contribution is 7.15. The lowest BCUT2D eigenvalue weighted by Gasteiger charge is -2.07. The fourth-order valence-electron chi connectivity index (χ4n) is 1.81. The van der Waals surface area contributed by atoms with E-state index in [1.165, 1.54) is 11.3 Å². The summed E-state index contributed by atoms with van der Waals surface area (Å²) < 4.78 is 4.82. The number of nitrogens with zero attached hydrogens (tertiary/aromatic N) is 2. The van der Waals surface area contributed by atoms with Crippen molar-refractivity contribution in [3.8, 4) is 0 Å². The van der Waals surface area contributed by atoms with Crippen LogP contribution in [0.5, 0.6) is 0 Å². The van der Waals surface area contributed by atoms with Gasteiger partial charge in [0.2, 0.25) is 11.0 Å². The van der Waals surface area contributed by atoms with E-state index in [0.717, 1.165) is 19.4 Å². The van der Waals surface area contributed by atoms with Crippen molar-refractivity contribution in [2.75, 3.05) is 18.5 Å². The Bertz CT molecular complexity index is 457. The Morgan fingerprint density at radius 2 is 2.37 bits per heavy atom. The molecular formula is C11H16N4O3S. The molecule has 0 spiro atoms. The van der Waals surface area contributed by atoms with Crippen LogP contribution in [0.2, 0.25) is 0 Å². The Hall–Kier alpha value is -1.54. The quantitative estimate of drug-likeness (QED) is 0.757. The van der Waals surface area contributed by atoms with Gasteiger partial charge in [-0.1, -0.05) is 11.3 Å². The Morgan fingerprint density at radius 3 is 3.05 bits per heavy atom. The van der Waals surface area contributed by atoms with Gasteiger partial charge in [-0.2, -0.15) is 0 Å². The maximum Gasteiger partial charge on any atom is 0.312 e. The van der Waals surface area contributed by atoms with Gasteiger partial charge < -0.3 is 10.1 Å². The van der Waals surface area contributed by atoms with Gasteiger partial charge >= 0.3 is 5.97 Å². The van der Waals surface area contributed by atoms with E-state index < -0.39 is 0 Å². The average Bonchev–Trinajstić information content (AvgIpc) is 3.00. The summed E-state index contributed by atoms with van der Waals surface area (Å²) in [6, 6.07) is -0.155. The molecule has 1 aliphatic rings. The summed E-state index contributed by atoms with van der Waals surface area (Å²) in [5, 5.41) is 14.4. The van der Waals surface area contributed by atoms with E-state index in [1.807, 2.05) is 0 Å². The molecule has 104 valence electrons. The summed E-state index contributed by atoms with van der Waals surface area (Å²) in [6.45, 7) is 2.95. The minimum Gasteiger partial charge on any atom is -0.466 e. The molecule has 0 bridgehead atoms. The molecule has 1 aromatic rings. The topological polar surface area (TPSA) is 93.2 Å². The largest absolute Gasteiger partial charge is 0.466 e. The normalized spacial score (nSPS) is 18.3. The lowest BCUT2D eigenvalue weighted by molar-refractivity contribution is -0.142. The maximum atomic E-state index is 11.8. The predicted octanol–water partition coefficient (Wildman–Crippen LogP) is 0.334. The van der Waals surface area contributed by atoms with Gasteiger partial charge in [0.1, 0.15) is 5.01 Å². The molecule has 1 fully saturated rings. The van der Waals surface area contributed by atoms with Crippen molar-refractivity contribution < 1.29 is 14.3 Å². The SMILES string of the molecule is CCOC(=O)Cc1nnc(NC(=O)C2CCCN2)s1. The molecular weight excluding hydrogens is 268 g/mol. The van der Waals surface area contributed by atoms with E-state index in [0.29, 0.717) is 16.7 Å². The van der Waals surface area contributed by atoms with Crippen LogP contribution < -0.4 is 10.6 Å². The van der Waals surface area contributed by atoms with Gasteiger partial charge in [-0.3, -0.25) is 14.9 Å². The van der Waals surface area contributed by atoms with Gasteiger partial charge in [0.25, 0.3) is 0 Å². The van der Waals surface area contributed by atoms with Crippen LogP contribution >= 0.6 is 11.3 Å². The molecule has 0 saturated carbocycles. The number of carbonyl (C=O) groups is 2. The van der Waals surface area contributed by atoms with E-state index in [4.69, 9.17) is 4.74 Å². The zero-order chi connectivity index (χ0) is 13.7. The highest BCUT2D eigenvalue weighted by Crippen LogP contribution is 2.17. The van der Waals surface area contributed by atoms with E-state index in [9.17, 15) is 9.59 Å². The number of hydrogen-bond acceptors (Lipinski definition) is 7. The molecule has 1 unspecified atom stereocenters. The van der Waals surface area contributed by atoms with Crippen molar-refractivity contribution in [1.29, 1.82) is 0 Å². The zero-order valence-corrected chi connectivity index (χ0v) is 11.5. The molecule has 0 aromatic carbocycles. The highest BCUT2D eigenvalue weighted by Gasteiger charge is 2.23. The zero-order valence-electron chi connectivity index (χ0n) is 10.6. The third-order valence-corrected chi connectivity index (χ3v) is 3.51. The Morgan fingerprint density at radius 1 is 1.53 bits per heavy atom. The molecule has 0 aliphatic carbocycles. The molecule has 19 heavy (non-hydrogen) atoms. The van der Waals surface area contributed by atoms with Gasteiger partial charge in [-0.25, -0.2) is 0 Å². The number of rotatable bonds is 5. The van der Waals surface area contributed by atoms with Crippen LogP contribution in [-0.4, -0.2) is 41.3 Å². The van der Waals surface area contributed by atoms with E-state index in [1.54, 1.807) is 6.92 Å². The van der Waals surface area contributed by atoms with Gasteiger partial charge in [0.05, 0.1) is 19.1 Å². The minimum absolute atomic E-state index is 0.0864. The summed E-state index contributed by atoms with van der Waals surface area (Å²) >= 11 is 1.19. The van der Waals surface area contributed by atoms with E-state index in [2.05, 4.69) is 20.8 Å². The minimum atomic E-state index is -0.339. The molecule has 1 aromatic heterocycles. The molecule has 0 radical (unpaired) electrons. The van der Waals surface area contributed by atoms with Crippen LogP contribution in [0.1, 0.15) is 24.8 Å². The van der Waals surface area contributed by atoms with Gasteiger partial charge in [-0.15, -0.1) is 10.2 Å². The number of esters is 1. The molecule has 2 rings (SSSR count). The smallest absolute Gasteiger partial charge is 0.312 e. The lowest BCUT2D eigenvalue weighted by atomic mass is 10.2. The number of hydrogen-bond donors (Lipinski definition) is 2. The van der Waals surface area contributed by atoms with Gasteiger partial charge in [0, 0.05) is 0 Å². The van der Waals surface area contributed by atoms with Gasteiger partial charge in [0.15, 0.2) is 0 Å². The Labute approximate surface area is 114 Å². The van der Waals surface area contributed by atoms with Crippen LogP contribution in [0.3, 0.4) is 0 Å². The van der Waals surface area contributed by atoms with Crippen LogP contribution in [0.4, 0.5) is 5.13 Å². The number of anilines is 1. The summed E-state index contributed by atoms with van der Waals surface area (Å²) in [6.07, 6.45) is 1.92. The van der Waals surface area contributed by atoms with Crippen LogP contribution in [0, 0.1) is 0 Å². The maximum absolute atomic E-state index is 11.8. The number of amides is 1. The highest BCUT2D eigenvalue weighted by atomic mass is 32.1. The standard InChI is InChI=1S/C11H16N4O3S/c1-2-18-9(16)6-8-14-15-11(19-8)13-10(17)7-4-3-5-12-7/h7,12H,2-6H2,1H3,(H,13,15,17). The molecule has 8 heteroatoms. The second kappa shape index (κ2) is 6.58. The monoisotopic (exact) mass is 284 g/mol. The molecule has 7 nitrogen and oxygen atoms in total. The van der Waals surface area contributed by atoms with E-state index >= 15 is 0 Å². The molecule has 2 N–H and O–H groups in total. The lowest BCUT2D eigenvalue weighted by Crippen LogP contribution is -2.35. The first-order valence-electron chi connectivity index (χ1n) is 6.21. The van der Waals surface area contributed by atoms with Gasteiger partial charge in [-0.05, 0) is 26.3 Å². The molecule has 2 heterocycles. The average molecular weight is 284 g/mol. The molecule has 1 atom stereocenters. The van der Waals surface area contributed by atoms with Crippen molar-refractivity contribution in [3.63, 3.8) is 0 Å². The second-order valence-electron chi connectivity index (χ2n) is 4.12. The summed E-state index contributed by atoms with van der Waals surface area (Å²) in [7, 11) is 0. The van der Waals surface area contributed by atoms with Crippen molar-refractivity contribution in [1.82, 2.24) is 15.5 Å². The van der Waals surface area contributed by atoms with Crippen molar-refractivity contribution in [3.05, 3.63) is 5.01 Å². The fourth-order valence-corrected chi connectivity index (χ4v) is 2.54. The summed E-state index contributed by atoms with van der Waals surface area (Å²) in [4.78, 5) is 23.1. The summed E-state index contributed by atoms with van der Waals surface area (Å²) in [5.74, 6) is -0.440. The number of aromatic nitrogens is 2.